The number of anilines is 1. The van der Waals surface area contributed by atoms with Crippen molar-refractivity contribution in [1.82, 2.24) is 0 Å². The highest BCUT2D eigenvalue weighted by molar-refractivity contribution is 7.94. The lowest BCUT2D eigenvalue weighted by molar-refractivity contribution is 0.594. The molecule has 118 valence electrons. The first-order chi connectivity index (χ1) is 10.2. The molecular weight excluding hydrogens is 368 g/mol. The summed E-state index contributed by atoms with van der Waals surface area (Å²) >= 11 is 6.78. The molecule has 0 spiro atoms. The fourth-order valence-corrected chi connectivity index (χ4v) is 5.98. The van der Waals surface area contributed by atoms with Crippen molar-refractivity contribution < 1.29 is 16.8 Å². The Kier molecular flexibility index (Phi) is 3.73. The van der Waals surface area contributed by atoms with E-state index in [2.05, 4.69) is 0 Å². The molecule has 0 saturated carbocycles. The number of nitrogens with two attached hydrogens (primary N) is 1. The molecule has 1 aliphatic rings. The van der Waals surface area contributed by atoms with E-state index >= 15 is 0 Å². The highest BCUT2D eigenvalue weighted by Crippen LogP contribution is 2.36. The van der Waals surface area contributed by atoms with Crippen LogP contribution in [0, 0.1) is 0 Å². The third-order valence-corrected chi connectivity index (χ3v) is 7.75. The molecule has 0 saturated heterocycles. The molecule has 0 fully saturated rings. The Bertz CT molecular complexity index is 951. The van der Waals surface area contributed by atoms with Crippen molar-refractivity contribution in [3.05, 3.63) is 40.2 Å². The number of thiophene rings is 1. The van der Waals surface area contributed by atoms with Crippen LogP contribution in [0.4, 0.5) is 5.69 Å². The monoisotopic (exact) mass is 378 g/mol. The second kappa shape index (κ2) is 5.20. The summed E-state index contributed by atoms with van der Waals surface area (Å²) < 4.78 is 49.8. The molecule has 0 bridgehead atoms. The minimum Gasteiger partial charge on any atom is -0.265 e. The molecule has 2 heterocycles. The average molecular weight is 379 g/mol. The predicted octanol–water partition coefficient (Wildman–Crippen LogP) is 1.80. The van der Waals surface area contributed by atoms with Crippen LogP contribution in [0.2, 0.25) is 4.34 Å². The van der Waals surface area contributed by atoms with E-state index < -0.39 is 20.0 Å². The Balaban J connectivity index is 2.05. The Morgan fingerprint density at radius 2 is 1.86 bits per heavy atom. The molecule has 1 aromatic heterocycles. The van der Waals surface area contributed by atoms with Gasteiger partial charge in [-0.05, 0) is 42.3 Å². The topological polar surface area (TPSA) is 97.5 Å². The zero-order valence-electron chi connectivity index (χ0n) is 11.1. The van der Waals surface area contributed by atoms with Crippen LogP contribution in [0.5, 0.6) is 0 Å². The summed E-state index contributed by atoms with van der Waals surface area (Å²) in [6.45, 7) is 0.251. The van der Waals surface area contributed by atoms with Gasteiger partial charge in [0, 0.05) is 6.54 Å². The lowest BCUT2D eigenvalue weighted by Crippen LogP contribution is -2.28. The molecule has 0 unspecified atom stereocenters. The Hall–Kier alpha value is -1.13. The van der Waals surface area contributed by atoms with Crippen molar-refractivity contribution in [2.75, 3.05) is 10.8 Å². The van der Waals surface area contributed by atoms with Gasteiger partial charge in [0.15, 0.2) is 0 Å². The van der Waals surface area contributed by atoms with Crippen molar-refractivity contribution in [3.63, 3.8) is 0 Å². The van der Waals surface area contributed by atoms with Crippen molar-refractivity contribution in [2.24, 2.45) is 5.14 Å². The van der Waals surface area contributed by atoms with Crippen LogP contribution in [0.3, 0.4) is 0 Å². The fourth-order valence-electron chi connectivity index (χ4n) is 2.32. The maximum Gasteiger partial charge on any atom is 0.273 e. The second-order valence-electron chi connectivity index (χ2n) is 4.72. The lowest BCUT2D eigenvalue weighted by atomic mass is 10.2. The van der Waals surface area contributed by atoms with E-state index in [1.54, 1.807) is 0 Å². The maximum atomic E-state index is 12.6. The van der Waals surface area contributed by atoms with Gasteiger partial charge in [-0.15, -0.1) is 11.3 Å². The van der Waals surface area contributed by atoms with Crippen molar-refractivity contribution in [2.45, 2.75) is 15.5 Å². The average Bonchev–Trinajstić information content (AvgIpc) is 3.03. The van der Waals surface area contributed by atoms with Crippen molar-refractivity contribution >= 4 is 48.7 Å². The molecule has 2 aromatic rings. The molecule has 22 heavy (non-hydrogen) atoms. The summed E-state index contributed by atoms with van der Waals surface area (Å²) in [5.74, 6) is 0. The summed E-state index contributed by atoms with van der Waals surface area (Å²) in [7, 11) is -7.50. The van der Waals surface area contributed by atoms with Gasteiger partial charge in [0.1, 0.15) is 4.21 Å². The van der Waals surface area contributed by atoms with E-state index in [0.29, 0.717) is 22.0 Å². The molecule has 3 rings (SSSR count). The van der Waals surface area contributed by atoms with E-state index in [9.17, 15) is 16.8 Å². The molecule has 1 aromatic carbocycles. The van der Waals surface area contributed by atoms with Crippen molar-refractivity contribution in [1.29, 1.82) is 0 Å². The maximum absolute atomic E-state index is 12.6. The zero-order chi connectivity index (χ0) is 16.1. The van der Waals surface area contributed by atoms with Crippen LogP contribution in [0.1, 0.15) is 5.56 Å². The third kappa shape index (κ3) is 2.63. The number of rotatable bonds is 3. The minimum atomic E-state index is -3.81. The molecular formula is C12H11ClN2O4S3. The molecule has 0 radical (unpaired) electrons. The van der Waals surface area contributed by atoms with Crippen LogP contribution in [-0.4, -0.2) is 23.4 Å². The van der Waals surface area contributed by atoms with E-state index in [1.165, 1.54) is 34.6 Å². The van der Waals surface area contributed by atoms with Gasteiger partial charge >= 0.3 is 0 Å². The lowest BCUT2D eigenvalue weighted by Gasteiger charge is -2.18. The molecule has 1 aliphatic heterocycles. The first kappa shape index (κ1) is 15.8. The van der Waals surface area contributed by atoms with Gasteiger partial charge in [-0.25, -0.2) is 22.0 Å². The third-order valence-electron chi connectivity index (χ3n) is 3.33. The largest absolute Gasteiger partial charge is 0.273 e. The number of fused-ring (bicyclic) bond motifs is 1. The van der Waals surface area contributed by atoms with Crippen LogP contribution >= 0.6 is 22.9 Å². The van der Waals surface area contributed by atoms with E-state index in [-0.39, 0.29) is 15.6 Å². The normalized spacial score (nSPS) is 15.1. The zero-order valence-corrected chi connectivity index (χ0v) is 14.3. The highest BCUT2D eigenvalue weighted by atomic mass is 35.5. The van der Waals surface area contributed by atoms with E-state index in [1.807, 2.05) is 0 Å². The number of hydrogen-bond acceptors (Lipinski definition) is 5. The summed E-state index contributed by atoms with van der Waals surface area (Å²) in [5, 5.41) is 5.09. The van der Waals surface area contributed by atoms with Gasteiger partial charge in [0.05, 0.1) is 14.9 Å². The molecule has 0 amide bonds. The SMILES string of the molecule is NS(=O)(=O)c1ccc2c(c1)CCN2S(=O)(=O)c1ccc(Cl)s1. The molecule has 0 atom stereocenters. The summed E-state index contributed by atoms with van der Waals surface area (Å²) in [4.78, 5) is -0.0235. The number of benzene rings is 1. The highest BCUT2D eigenvalue weighted by Gasteiger charge is 2.32. The molecule has 0 aliphatic carbocycles. The Labute approximate surface area is 137 Å². The minimum absolute atomic E-state index is 0.0235. The number of primary sulfonamides is 1. The smallest absolute Gasteiger partial charge is 0.265 e. The first-order valence-electron chi connectivity index (χ1n) is 6.13. The Morgan fingerprint density at radius 1 is 1.14 bits per heavy atom. The molecule has 10 heteroatoms. The van der Waals surface area contributed by atoms with Gasteiger partial charge in [-0.1, -0.05) is 11.6 Å². The predicted molar refractivity (Wildman–Crippen MR) is 85.4 cm³/mol. The van der Waals surface area contributed by atoms with Crippen LogP contribution < -0.4 is 9.44 Å². The number of sulfonamides is 2. The van der Waals surface area contributed by atoms with Crippen LogP contribution in [0.25, 0.3) is 0 Å². The van der Waals surface area contributed by atoms with Crippen LogP contribution in [-0.2, 0) is 26.5 Å². The number of nitrogens with zero attached hydrogens (tertiary/aromatic N) is 1. The summed E-state index contributed by atoms with van der Waals surface area (Å²) in [5.41, 5.74) is 1.11. The second-order valence-corrected chi connectivity index (χ2v) is 10.1. The Morgan fingerprint density at radius 3 is 2.45 bits per heavy atom. The van der Waals surface area contributed by atoms with Gasteiger partial charge in [0.2, 0.25) is 10.0 Å². The van der Waals surface area contributed by atoms with Gasteiger partial charge in [0.25, 0.3) is 10.0 Å². The van der Waals surface area contributed by atoms with Crippen LogP contribution in [0.15, 0.2) is 39.4 Å². The molecule has 2 N–H and O–H groups in total. The summed E-state index contributed by atoms with van der Waals surface area (Å²) in [6, 6.07) is 7.18. The fraction of sp³-hybridized carbons (Fsp3) is 0.167. The van der Waals surface area contributed by atoms with Gasteiger partial charge in [-0.2, -0.15) is 0 Å². The first-order valence-corrected chi connectivity index (χ1v) is 10.3. The summed E-state index contributed by atoms with van der Waals surface area (Å²) in [6.07, 6.45) is 0.428. The number of hydrogen-bond donors (Lipinski definition) is 1. The standard InChI is InChI=1S/C12H11ClN2O4S3/c13-11-3-4-12(20-11)22(18,19)15-6-5-8-7-9(21(14,16)17)1-2-10(8)15/h1-4,7H,5-6H2,(H2,14,16,17). The van der Waals surface area contributed by atoms with Gasteiger partial charge in [-0.3, -0.25) is 4.31 Å². The van der Waals surface area contributed by atoms with Crippen molar-refractivity contribution in [3.8, 4) is 0 Å². The quantitative estimate of drug-likeness (QED) is 0.880. The van der Waals surface area contributed by atoms with E-state index in [4.69, 9.17) is 16.7 Å². The van der Waals surface area contributed by atoms with Gasteiger partial charge < -0.3 is 0 Å². The number of halogens is 1. The molecule has 6 nitrogen and oxygen atoms in total. The van der Waals surface area contributed by atoms with E-state index in [0.717, 1.165) is 11.3 Å².